The number of hydrogen-bond acceptors (Lipinski definition) is 1. The molecule has 0 aliphatic carbocycles. The van der Waals surface area contributed by atoms with Crippen molar-refractivity contribution in [1.29, 1.82) is 0 Å². The van der Waals surface area contributed by atoms with Crippen LogP contribution in [0.1, 0.15) is 39.2 Å². The lowest BCUT2D eigenvalue weighted by molar-refractivity contribution is 0.412. The summed E-state index contributed by atoms with van der Waals surface area (Å²) in [7, 11) is 0. The summed E-state index contributed by atoms with van der Waals surface area (Å²) in [5.41, 5.74) is 1.07. The minimum absolute atomic E-state index is 0.0841. The van der Waals surface area contributed by atoms with E-state index >= 15 is 0 Å². The normalized spacial score (nSPS) is 13.9. The number of benzene rings is 1. The van der Waals surface area contributed by atoms with Gasteiger partial charge in [0.1, 0.15) is 5.82 Å². The van der Waals surface area contributed by atoms with Gasteiger partial charge in [-0.2, -0.15) is 0 Å². The third-order valence-corrected chi connectivity index (χ3v) is 2.76. The molecule has 1 aromatic rings. The van der Waals surface area contributed by atoms with E-state index in [9.17, 15) is 4.39 Å². The van der Waals surface area contributed by atoms with Crippen LogP contribution in [0.2, 0.25) is 5.02 Å². The molecule has 0 saturated heterocycles. The molecular weight excluding hydrogens is 225 g/mol. The fourth-order valence-electron chi connectivity index (χ4n) is 1.47. The summed E-state index contributed by atoms with van der Waals surface area (Å²) in [5.74, 6) is -0.0166. The number of nitrogens with one attached hydrogen (secondary N) is 1. The van der Waals surface area contributed by atoms with Gasteiger partial charge in [-0.3, -0.25) is 0 Å². The topological polar surface area (TPSA) is 12.0 Å². The molecule has 0 bridgehead atoms. The number of halogens is 2. The highest BCUT2D eigenvalue weighted by Gasteiger charge is 2.14. The molecule has 0 amide bonds. The number of hydrogen-bond donors (Lipinski definition) is 1. The molecular formula is C13H19ClFN. The van der Waals surface area contributed by atoms with Crippen LogP contribution in [0.5, 0.6) is 0 Å². The van der Waals surface area contributed by atoms with Gasteiger partial charge >= 0.3 is 0 Å². The Morgan fingerprint density at radius 2 is 2.00 bits per heavy atom. The van der Waals surface area contributed by atoms with Crippen LogP contribution < -0.4 is 5.32 Å². The molecule has 0 fully saturated rings. The highest BCUT2D eigenvalue weighted by Crippen LogP contribution is 2.25. The predicted octanol–water partition coefficient (Wildman–Crippen LogP) is 3.97. The van der Waals surface area contributed by atoms with E-state index in [2.05, 4.69) is 33.0 Å². The zero-order valence-electron chi connectivity index (χ0n) is 10.3. The molecule has 0 saturated carbocycles. The Balaban J connectivity index is 2.70. The van der Waals surface area contributed by atoms with Crippen molar-refractivity contribution in [3.05, 3.63) is 34.6 Å². The Morgan fingerprint density at radius 1 is 1.38 bits per heavy atom. The standard InChI is InChI=1S/C13H19ClFN/c1-9(8-16-13(2,3)4)11-6-5-10(15)7-12(11)14/h5-7,9,16H,8H2,1-4H3. The second kappa shape index (κ2) is 5.15. The lowest BCUT2D eigenvalue weighted by Crippen LogP contribution is -2.38. The van der Waals surface area contributed by atoms with Crippen LogP contribution in [0.3, 0.4) is 0 Å². The minimum Gasteiger partial charge on any atom is -0.311 e. The fraction of sp³-hybridized carbons (Fsp3) is 0.538. The molecule has 3 heteroatoms. The molecule has 0 spiro atoms. The highest BCUT2D eigenvalue weighted by molar-refractivity contribution is 6.31. The molecule has 0 aromatic heterocycles. The molecule has 1 aromatic carbocycles. The Morgan fingerprint density at radius 3 is 2.50 bits per heavy atom. The van der Waals surface area contributed by atoms with Gasteiger partial charge in [-0.05, 0) is 44.4 Å². The van der Waals surface area contributed by atoms with Crippen LogP contribution in [-0.2, 0) is 0 Å². The first-order valence-electron chi connectivity index (χ1n) is 5.49. The van der Waals surface area contributed by atoms with Gasteiger partial charge < -0.3 is 5.32 Å². The van der Waals surface area contributed by atoms with Crippen molar-refractivity contribution in [2.75, 3.05) is 6.54 Å². The van der Waals surface area contributed by atoms with Gasteiger partial charge in [0.05, 0.1) is 0 Å². The van der Waals surface area contributed by atoms with Crippen LogP contribution in [0, 0.1) is 5.82 Å². The van der Waals surface area contributed by atoms with E-state index in [0.29, 0.717) is 5.02 Å². The van der Waals surface area contributed by atoms with Crippen molar-refractivity contribution in [1.82, 2.24) is 5.32 Å². The van der Waals surface area contributed by atoms with Crippen LogP contribution in [0.15, 0.2) is 18.2 Å². The van der Waals surface area contributed by atoms with E-state index in [1.165, 1.54) is 12.1 Å². The average molecular weight is 244 g/mol. The summed E-state index contributed by atoms with van der Waals surface area (Å²) in [6.07, 6.45) is 0. The molecule has 16 heavy (non-hydrogen) atoms. The first-order valence-corrected chi connectivity index (χ1v) is 5.87. The van der Waals surface area contributed by atoms with Gasteiger partial charge in [0.2, 0.25) is 0 Å². The maximum atomic E-state index is 12.9. The predicted molar refractivity (Wildman–Crippen MR) is 67.6 cm³/mol. The van der Waals surface area contributed by atoms with Crippen LogP contribution in [0.4, 0.5) is 4.39 Å². The molecule has 1 nitrogen and oxygen atoms in total. The molecule has 1 rings (SSSR count). The highest BCUT2D eigenvalue weighted by atomic mass is 35.5. The summed E-state index contributed by atoms with van der Waals surface area (Å²) < 4.78 is 12.9. The van der Waals surface area contributed by atoms with Crippen molar-refractivity contribution in [3.8, 4) is 0 Å². The van der Waals surface area contributed by atoms with Gasteiger partial charge in [-0.15, -0.1) is 0 Å². The van der Waals surface area contributed by atoms with E-state index in [4.69, 9.17) is 11.6 Å². The summed E-state index contributed by atoms with van der Waals surface area (Å²) in [5, 5.41) is 3.91. The zero-order chi connectivity index (χ0) is 12.3. The SMILES string of the molecule is CC(CNC(C)(C)C)c1ccc(F)cc1Cl. The third kappa shape index (κ3) is 4.11. The molecule has 1 atom stereocenters. The Kier molecular flexibility index (Phi) is 4.34. The lowest BCUT2D eigenvalue weighted by Gasteiger charge is -2.24. The zero-order valence-corrected chi connectivity index (χ0v) is 11.0. The Bertz CT molecular complexity index is 357. The quantitative estimate of drug-likeness (QED) is 0.847. The van der Waals surface area contributed by atoms with Crippen LogP contribution in [0.25, 0.3) is 0 Å². The van der Waals surface area contributed by atoms with Crippen LogP contribution in [-0.4, -0.2) is 12.1 Å². The van der Waals surface area contributed by atoms with E-state index < -0.39 is 0 Å². The molecule has 90 valence electrons. The minimum atomic E-state index is -0.287. The lowest BCUT2D eigenvalue weighted by atomic mass is 9.99. The molecule has 0 heterocycles. The van der Waals surface area contributed by atoms with E-state index in [1.807, 2.05) is 0 Å². The van der Waals surface area contributed by atoms with Crippen LogP contribution >= 0.6 is 11.6 Å². The molecule has 0 radical (unpaired) electrons. The monoisotopic (exact) mass is 243 g/mol. The van der Waals surface area contributed by atoms with Crippen molar-refractivity contribution in [3.63, 3.8) is 0 Å². The molecule has 1 N–H and O–H groups in total. The fourth-order valence-corrected chi connectivity index (χ4v) is 1.82. The summed E-state index contributed by atoms with van der Waals surface area (Å²) >= 11 is 6.01. The van der Waals surface area contributed by atoms with E-state index in [1.54, 1.807) is 6.07 Å². The van der Waals surface area contributed by atoms with Gasteiger partial charge in [-0.25, -0.2) is 4.39 Å². The largest absolute Gasteiger partial charge is 0.311 e. The third-order valence-electron chi connectivity index (χ3n) is 2.43. The second-order valence-electron chi connectivity index (χ2n) is 5.20. The summed E-state index contributed by atoms with van der Waals surface area (Å²) in [4.78, 5) is 0. The summed E-state index contributed by atoms with van der Waals surface area (Å²) in [6.45, 7) is 9.26. The molecule has 1 unspecified atom stereocenters. The van der Waals surface area contributed by atoms with E-state index in [0.717, 1.165) is 12.1 Å². The Labute approximate surface area is 102 Å². The second-order valence-corrected chi connectivity index (χ2v) is 5.60. The van der Waals surface area contributed by atoms with Crippen molar-refractivity contribution in [2.45, 2.75) is 39.2 Å². The van der Waals surface area contributed by atoms with Gasteiger partial charge in [-0.1, -0.05) is 24.6 Å². The smallest absolute Gasteiger partial charge is 0.124 e. The van der Waals surface area contributed by atoms with E-state index in [-0.39, 0.29) is 17.3 Å². The number of rotatable bonds is 3. The first-order chi connectivity index (χ1) is 7.29. The average Bonchev–Trinajstić information content (AvgIpc) is 2.13. The van der Waals surface area contributed by atoms with Crippen molar-refractivity contribution in [2.24, 2.45) is 0 Å². The molecule has 0 aliphatic heterocycles. The molecule has 0 aliphatic rings. The maximum absolute atomic E-state index is 12.9. The Hall–Kier alpha value is -0.600. The van der Waals surface area contributed by atoms with Gasteiger partial charge in [0.25, 0.3) is 0 Å². The maximum Gasteiger partial charge on any atom is 0.124 e. The van der Waals surface area contributed by atoms with Gasteiger partial charge in [0.15, 0.2) is 0 Å². The first kappa shape index (κ1) is 13.5. The van der Waals surface area contributed by atoms with Crippen molar-refractivity contribution >= 4 is 11.6 Å². The summed E-state index contributed by atoms with van der Waals surface area (Å²) in [6, 6.07) is 4.58. The van der Waals surface area contributed by atoms with Crippen molar-refractivity contribution < 1.29 is 4.39 Å². The van der Waals surface area contributed by atoms with Gasteiger partial charge in [0, 0.05) is 17.1 Å².